The smallest absolute Gasteiger partial charge is 0.183 e. The third kappa shape index (κ3) is 6.45. The highest BCUT2D eigenvalue weighted by molar-refractivity contribution is 5.84. The van der Waals surface area contributed by atoms with Gasteiger partial charge in [0.2, 0.25) is 0 Å². The molecule has 0 amide bonds. The highest BCUT2D eigenvalue weighted by Crippen LogP contribution is 2.31. The summed E-state index contributed by atoms with van der Waals surface area (Å²) in [6.45, 7) is 3.62. The van der Waals surface area contributed by atoms with Crippen LogP contribution in [-0.2, 0) is 22.3 Å². The van der Waals surface area contributed by atoms with Gasteiger partial charge in [-0.15, -0.1) is 0 Å². The molecule has 3 aromatic rings. The molecule has 0 N–H and O–H groups in total. The van der Waals surface area contributed by atoms with Crippen LogP contribution in [0.25, 0.3) is 10.8 Å². The van der Waals surface area contributed by atoms with Gasteiger partial charge in [0.05, 0.1) is 18.8 Å². The van der Waals surface area contributed by atoms with Crippen molar-refractivity contribution in [1.29, 1.82) is 5.26 Å². The van der Waals surface area contributed by atoms with Crippen LogP contribution in [0.5, 0.6) is 0 Å². The summed E-state index contributed by atoms with van der Waals surface area (Å²) in [7, 11) is 0. The summed E-state index contributed by atoms with van der Waals surface area (Å²) in [5.74, 6) is -0.350. The van der Waals surface area contributed by atoms with Gasteiger partial charge in [0, 0.05) is 16.9 Å². The molecule has 0 aliphatic carbocycles. The summed E-state index contributed by atoms with van der Waals surface area (Å²) in [6, 6.07) is 15.7. The molecular formula is C30H33F2NO2. The molecule has 0 unspecified atom stereocenters. The van der Waals surface area contributed by atoms with E-state index in [1.807, 2.05) is 24.3 Å². The molecule has 4 rings (SSSR count). The lowest BCUT2D eigenvalue weighted by Gasteiger charge is -2.30. The number of fused-ring (bicyclic) bond motifs is 1. The third-order valence-corrected chi connectivity index (χ3v) is 6.85. The SMILES string of the molecule is CCCCCCCC1COC(c2ccc3c(F)c(CCc4ccc(C#N)c(F)c4)ccc3c2)OC1. The summed E-state index contributed by atoms with van der Waals surface area (Å²) in [4.78, 5) is 0. The predicted octanol–water partition coefficient (Wildman–Crippen LogP) is 7.80. The zero-order valence-electron chi connectivity index (χ0n) is 20.4. The summed E-state index contributed by atoms with van der Waals surface area (Å²) < 4.78 is 41.1. The number of halogens is 2. The first kappa shape index (κ1) is 25.3. The molecule has 1 aliphatic rings. The maximum atomic E-state index is 15.2. The minimum Gasteiger partial charge on any atom is -0.348 e. The fourth-order valence-electron chi connectivity index (χ4n) is 4.72. The zero-order chi connectivity index (χ0) is 24.6. The van der Waals surface area contributed by atoms with Crippen molar-refractivity contribution < 1.29 is 18.3 Å². The van der Waals surface area contributed by atoms with E-state index in [-0.39, 0.29) is 11.4 Å². The van der Waals surface area contributed by atoms with Crippen LogP contribution in [-0.4, -0.2) is 13.2 Å². The van der Waals surface area contributed by atoms with Crippen LogP contribution >= 0.6 is 0 Å². The number of rotatable bonds is 10. The number of hydrogen-bond donors (Lipinski definition) is 0. The minimum absolute atomic E-state index is 0.0188. The second-order valence-electron chi connectivity index (χ2n) is 9.51. The standard InChI is InChI=1S/C30H33F2NO2/c1-2-3-4-5-6-7-22-19-34-30(35-20-22)25-14-15-27-24(17-25)13-12-23(29(27)32)10-8-21-9-11-26(18-33)28(31)16-21/h9,11-17,22,30H,2-8,10,19-20H2,1H3. The molecule has 0 bridgehead atoms. The highest BCUT2D eigenvalue weighted by atomic mass is 19.1. The van der Waals surface area contributed by atoms with Crippen LogP contribution in [0, 0.1) is 28.9 Å². The Morgan fingerprint density at radius 2 is 1.71 bits per heavy atom. The first-order valence-corrected chi connectivity index (χ1v) is 12.7. The Morgan fingerprint density at radius 3 is 2.46 bits per heavy atom. The molecule has 3 nitrogen and oxygen atoms in total. The number of aryl methyl sites for hydroxylation is 2. The molecule has 0 radical (unpaired) electrons. The van der Waals surface area contributed by atoms with Gasteiger partial charge in [0.15, 0.2) is 6.29 Å². The Hall–Kier alpha value is -2.81. The van der Waals surface area contributed by atoms with Gasteiger partial charge in [-0.25, -0.2) is 8.78 Å². The molecule has 0 saturated carbocycles. The van der Waals surface area contributed by atoms with Crippen LogP contribution < -0.4 is 0 Å². The van der Waals surface area contributed by atoms with E-state index in [4.69, 9.17) is 14.7 Å². The van der Waals surface area contributed by atoms with Gasteiger partial charge in [-0.1, -0.05) is 69.4 Å². The Labute approximate surface area is 206 Å². The maximum absolute atomic E-state index is 15.2. The molecule has 0 atom stereocenters. The number of nitrogens with zero attached hydrogens (tertiary/aromatic N) is 1. The first-order valence-electron chi connectivity index (χ1n) is 12.7. The molecule has 1 heterocycles. The fraction of sp³-hybridized carbons (Fsp3) is 0.433. The van der Waals surface area contributed by atoms with Crippen molar-refractivity contribution in [1.82, 2.24) is 0 Å². The van der Waals surface area contributed by atoms with E-state index >= 15 is 4.39 Å². The van der Waals surface area contributed by atoms with Gasteiger partial charge in [-0.3, -0.25) is 0 Å². The van der Waals surface area contributed by atoms with Crippen LogP contribution in [0.3, 0.4) is 0 Å². The number of benzene rings is 3. The normalized spacial score (nSPS) is 18.0. The Bertz CT molecular complexity index is 1180. The van der Waals surface area contributed by atoms with E-state index in [1.54, 1.807) is 18.2 Å². The number of ether oxygens (including phenoxy) is 2. The lowest BCUT2D eigenvalue weighted by atomic mass is 9.98. The van der Waals surface area contributed by atoms with Crippen LogP contribution in [0.15, 0.2) is 48.5 Å². The van der Waals surface area contributed by atoms with Gasteiger partial charge >= 0.3 is 0 Å². The molecule has 3 aromatic carbocycles. The number of nitriles is 1. The van der Waals surface area contributed by atoms with E-state index < -0.39 is 12.1 Å². The molecule has 1 fully saturated rings. The molecule has 1 saturated heterocycles. The fourth-order valence-corrected chi connectivity index (χ4v) is 4.72. The van der Waals surface area contributed by atoms with Crippen LogP contribution in [0.2, 0.25) is 0 Å². The van der Waals surface area contributed by atoms with Crippen molar-refractivity contribution in [3.8, 4) is 6.07 Å². The van der Waals surface area contributed by atoms with Crippen LogP contribution in [0.4, 0.5) is 8.78 Å². The summed E-state index contributed by atoms with van der Waals surface area (Å²) in [5.41, 5.74) is 2.24. The van der Waals surface area contributed by atoms with Crippen molar-refractivity contribution in [2.45, 2.75) is 64.6 Å². The van der Waals surface area contributed by atoms with Crippen molar-refractivity contribution in [3.63, 3.8) is 0 Å². The van der Waals surface area contributed by atoms with E-state index in [0.29, 0.717) is 42.9 Å². The largest absolute Gasteiger partial charge is 0.348 e. The molecule has 0 aromatic heterocycles. The molecule has 35 heavy (non-hydrogen) atoms. The Morgan fingerprint density at radius 1 is 0.914 bits per heavy atom. The van der Waals surface area contributed by atoms with E-state index in [0.717, 1.165) is 22.9 Å². The third-order valence-electron chi connectivity index (χ3n) is 6.85. The lowest BCUT2D eigenvalue weighted by Crippen LogP contribution is -2.27. The lowest BCUT2D eigenvalue weighted by molar-refractivity contribution is -0.206. The topological polar surface area (TPSA) is 42.2 Å². The average molecular weight is 478 g/mol. The van der Waals surface area contributed by atoms with Gasteiger partial charge in [0.1, 0.15) is 17.7 Å². The van der Waals surface area contributed by atoms with Crippen molar-refractivity contribution in [3.05, 3.63) is 82.4 Å². The number of hydrogen-bond acceptors (Lipinski definition) is 3. The van der Waals surface area contributed by atoms with Crippen molar-refractivity contribution in [2.24, 2.45) is 5.92 Å². The monoisotopic (exact) mass is 477 g/mol. The number of unbranched alkanes of at least 4 members (excludes halogenated alkanes) is 4. The Kier molecular flexibility index (Phi) is 8.84. The van der Waals surface area contributed by atoms with Gasteiger partial charge in [-0.2, -0.15) is 5.26 Å². The van der Waals surface area contributed by atoms with Crippen molar-refractivity contribution in [2.75, 3.05) is 13.2 Å². The van der Waals surface area contributed by atoms with E-state index in [9.17, 15) is 4.39 Å². The van der Waals surface area contributed by atoms with Gasteiger partial charge in [-0.05, 0) is 54.0 Å². The van der Waals surface area contributed by atoms with E-state index in [1.165, 1.54) is 44.2 Å². The van der Waals surface area contributed by atoms with Crippen LogP contribution in [0.1, 0.15) is 74.0 Å². The van der Waals surface area contributed by atoms with Crippen molar-refractivity contribution >= 4 is 10.8 Å². The molecule has 5 heteroatoms. The average Bonchev–Trinajstić information content (AvgIpc) is 2.88. The van der Waals surface area contributed by atoms with E-state index in [2.05, 4.69) is 6.92 Å². The first-order chi connectivity index (χ1) is 17.1. The maximum Gasteiger partial charge on any atom is 0.183 e. The molecule has 184 valence electrons. The van der Waals surface area contributed by atoms with Gasteiger partial charge in [0.25, 0.3) is 0 Å². The second-order valence-corrected chi connectivity index (χ2v) is 9.51. The second kappa shape index (κ2) is 12.2. The molecular weight excluding hydrogens is 444 g/mol. The summed E-state index contributed by atoms with van der Waals surface area (Å²) >= 11 is 0. The quantitative estimate of drug-likeness (QED) is 0.280. The van der Waals surface area contributed by atoms with Gasteiger partial charge < -0.3 is 9.47 Å². The Balaban J connectivity index is 1.35. The predicted molar refractivity (Wildman–Crippen MR) is 134 cm³/mol. The zero-order valence-corrected chi connectivity index (χ0v) is 20.4. The summed E-state index contributed by atoms with van der Waals surface area (Å²) in [6.07, 6.45) is 8.03. The highest BCUT2D eigenvalue weighted by Gasteiger charge is 2.23. The minimum atomic E-state index is -0.540. The molecule has 0 spiro atoms. The molecule has 1 aliphatic heterocycles. The summed E-state index contributed by atoms with van der Waals surface area (Å²) in [5, 5.41) is 10.2.